The summed E-state index contributed by atoms with van der Waals surface area (Å²) < 4.78 is 0. The maximum absolute atomic E-state index is 13.0. The second-order valence-electron chi connectivity index (χ2n) is 7.72. The lowest BCUT2D eigenvalue weighted by molar-refractivity contribution is -0.121. The Bertz CT molecular complexity index is 837. The van der Waals surface area contributed by atoms with Crippen LogP contribution in [0.15, 0.2) is 54.6 Å². The van der Waals surface area contributed by atoms with Crippen molar-refractivity contribution in [1.82, 2.24) is 4.90 Å². The first kappa shape index (κ1) is 18.7. The van der Waals surface area contributed by atoms with Crippen molar-refractivity contribution in [2.75, 3.05) is 29.9 Å². The number of carbonyl (C=O) groups is 2. The predicted octanol–water partition coefficient (Wildman–Crippen LogP) is 3.66. The van der Waals surface area contributed by atoms with Crippen molar-refractivity contribution in [2.45, 2.75) is 32.2 Å². The normalized spacial score (nSPS) is 20.4. The highest BCUT2D eigenvalue weighted by Gasteiger charge is 2.28. The number of nitrogens with one attached hydrogen (secondary N) is 1. The summed E-state index contributed by atoms with van der Waals surface area (Å²) in [6.07, 6.45) is 3.39. The fourth-order valence-corrected chi connectivity index (χ4v) is 4.21. The summed E-state index contributed by atoms with van der Waals surface area (Å²) in [4.78, 5) is 29.3. The molecule has 2 amide bonds. The van der Waals surface area contributed by atoms with Gasteiger partial charge in [-0.1, -0.05) is 42.5 Å². The Labute approximate surface area is 166 Å². The number of likely N-dealkylation sites (tertiary alicyclic amines) is 1. The zero-order valence-corrected chi connectivity index (χ0v) is 16.1. The monoisotopic (exact) mass is 377 g/mol. The maximum Gasteiger partial charge on any atom is 0.228 e. The molecule has 0 saturated carbocycles. The van der Waals surface area contributed by atoms with Crippen molar-refractivity contribution in [3.8, 4) is 0 Å². The van der Waals surface area contributed by atoms with Gasteiger partial charge in [0.05, 0.1) is 17.3 Å². The van der Waals surface area contributed by atoms with Crippen LogP contribution in [0.3, 0.4) is 0 Å². The Morgan fingerprint density at radius 3 is 2.57 bits per heavy atom. The van der Waals surface area contributed by atoms with E-state index in [2.05, 4.69) is 34.5 Å². The number of amides is 2. The zero-order valence-electron chi connectivity index (χ0n) is 16.1. The first-order valence-electron chi connectivity index (χ1n) is 10.2. The number of hydrogen-bond donors (Lipinski definition) is 1. The second-order valence-corrected chi connectivity index (χ2v) is 7.72. The van der Waals surface area contributed by atoms with Crippen molar-refractivity contribution < 1.29 is 9.59 Å². The minimum absolute atomic E-state index is 0.0280. The summed E-state index contributed by atoms with van der Waals surface area (Å²) in [6, 6.07) is 18.0. The van der Waals surface area contributed by atoms with Gasteiger partial charge < -0.3 is 10.2 Å². The lowest BCUT2D eigenvalue weighted by atomic mass is 9.96. The molecule has 146 valence electrons. The molecule has 2 fully saturated rings. The van der Waals surface area contributed by atoms with E-state index in [1.54, 1.807) is 4.90 Å². The molecule has 4 rings (SSSR count). The van der Waals surface area contributed by atoms with E-state index < -0.39 is 0 Å². The summed E-state index contributed by atoms with van der Waals surface area (Å²) in [5.41, 5.74) is 2.83. The second kappa shape index (κ2) is 8.57. The van der Waals surface area contributed by atoms with Crippen LogP contribution in [-0.4, -0.2) is 36.3 Å². The molecule has 0 aromatic heterocycles. The number of benzene rings is 2. The highest BCUT2D eigenvalue weighted by molar-refractivity contribution is 6.02. The van der Waals surface area contributed by atoms with E-state index in [0.29, 0.717) is 6.42 Å². The third-order valence-electron chi connectivity index (χ3n) is 5.65. The Morgan fingerprint density at radius 1 is 1.00 bits per heavy atom. The van der Waals surface area contributed by atoms with Crippen LogP contribution in [0.25, 0.3) is 0 Å². The molecule has 2 aromatic rings. The standard InChI is InChI=1S/C23H27N3O2/c27-22-13-7-15-26(22)21-12-5-4-11-20(21)24-23(28)19-10-6-14-25(17-19)16-18-8-2-1-3-9-18/h1-5,8-9,11-12,19H,6-7,10,13-17H2,(H,24,28). The number of piperidine rings is 1. The van der Waals surface area contributed by atoms with Gasteiger partial charge in [-0.2, -0.15) is 0 Å². The van der Waals surface area contributed by atoms with E-state index in [9.17, 15) is 9.59 Å². The van der Waals surface area contributed by atoms with Gasteiger partial charge in [0.15, 0.2) is 0 Å². The fraction of sp³-hybridized carbons (Fsp3) is 0.391. The van der Waals surface area contributed by atoms with Crippen LogP contribution in [0.4, 0.5) is 11.4 Å². The van der Waals surface area contributed by atoms with E-state index in [4.69, 9.17) is 0 Å². The summed E-state index contributed by atoms with van der Waals surface area (Å²) >= 11 is 0. The van der Waals surface area contributed by atoms with E-state index in [0.717, 1.165) is 56.8 Å². The van der Waals surface area contributed by atoms with Crippen LogP contribution in [0.1, 0.15) is 31.2 Å². The van der Waals surface area contributed by atoms with Gasteiger partial charge in [0.1, 0.15) is 0 Å². The highest BCUT2D eigenvalue weighted by Crippen LogP contribution is 2.30. The topological polar surface area (TPSA) is 52.7 Å². The minimum atomic E-state index is -0.0280. The fourth-order valence-electron chi connectivity index (χ4n) is 4.21. The maximum atomic E-state index is 13.0. The molecular weight excluding hydrogens is 350 g/mol. The lowest BCUT2D eigenvalue weighted by Gasteiger charge is -2.32. The molecule has 2 aliphatic rings. The van der Waals surface area contributed by atoms with Crippen LogP contribution in [0, 0.1) is 5.92 Å². The quantitative estimate of drug-likeness (QED) is 0.865. The van der Waals surface area contributed by atoms with Gasteiger partial charge in [-0.05, 0) is 43.5 Å². The molecule has 1 N–H and O–H groups in total. The Kier molecular flexibility index (Phi) is 5.72. The lowest BCUT2D eigenvalue weighted by Crippen LogP contribution is -2.40. The van der Waals surface area contributed by atoms with E-state index >= 15 is 0 Å². The average molecular weight is 377 g/mol. The van der Waals surface area contributed by atoms with Crippen LogP contribution < -0.4 is 10.2 Å². The molecule has 28 heavy (non-hydrogen) atoms. The molecule has 2 saturated heterocycles. The third kappa shape index (κ3) is 4.25. The molecule has 2 aromatic carbocycles. The van der Waals surface area contributed by atoms with E-state index in [1.165, 1.54) is 5.56 Å². The third-order valence-corrected chi connectivity index (χ3v) is 5.65. The van der Waals surface area contributed by atoms with Gasteiger partial charge in [0.2, 0.25) is 11.8 Å². The summed E-state index contributed by atoms with van der Waals surface area (Å²) in [5.74, 6) is 0.157. The smallest absolute Gasteiger partial charge is 0.228 e. The molecule has 0 radical (unpaired) electrons. The van der Waals surface area contributed by atoms with Gasteiger partial charge >= 0.3 is 0 Å². The Balaban J connectivity index is 1.42. The SMILES string of the molecule is O=C(Nc1ccccc1N1CCCC1=O)C1CCCN(Cc2ccccc2)C1. The number of rotatable bonds is 5. The molecule has 1 atom stereocenters. The molecule has 2 heterocycles. The Morgan fingerprint density at radius 2 is 1.79 bits per heavy atom. The molecule has 5 nitrogen and oxygen atoms in total. The van der Waals surface area contributed by atoms with Crippen LogP contribution in [0.5, 0.6) is 0 Å². The van der Waals surface area contributed by atoms with Crippen LogP contribution in [-0.2, 0) is 16.1 Å². The molecule has 1 unspecified atom stereocenters. The first-order valence-corrected chi connectivity index (χ1v) is 10.2. The summed E-state index contributed by atoms with van der Waals surface area (Å²) in [7, 11) is 0. The van der Waals surface area contributed by atoms with Crippen molar-refractivity contribution in [1.29, 1.82) is 0 Å². The van der Waals surface area contributed by atoms with Gasteiger partial charge in [-0.25, -0.2) is 0 Å². The number of carbonyl (C=O) groups excluding carboxylic acids is 2. The largest absolute Gasteiger partial charge is 0.324 e. The first-order chi connectivity index (χ1) is 13.7. The van der Waals surface area contributed by atoms with Crippen molar-refractivity contribution >= 4 is 23.2 Å². The van der Waals surface area contributed by atoms with Crippen molar-refractivity contribution in [2.24, 2.45) is 5.92 Å². The van der Waals surface area contributed by atoms with Gasteiger partial charge in [0, 0.05) is 26.1 Å². The molecule has 0 bridgehead atoms. The Hall–Kier alpha value is -2.66. The van der Waals surface area contributed by atoms with Crippen molar-refractivity contribution in [3.63, 3.8) is 0 Å². The zero-order chi connectivity index (χ0) is 19.3. The highest BCUT2D eigenvalue weighted by atomic mass is 16.2. The molecule has 0 aliphatic carbocycles. The van der Waals surface area contributed by atoms with Crippen molar-refractivity contribution in [3.05, 3.63) is 60.2 Å². The summed E-state index contributed by atoms with van der Waals surface area (Å²) in [6.45, 7) is 3.40. The van der Waals surface area contributed by atoms with Gasteiger partial charge in [0.25, 0.3) is 0 Å². The molecular formula is C23H27N3O2. The number of hydrogen-bond acceptors (Lipinski definition) is 3. The minimum Gasteiger partial charge on any atom is -0.324 e. The van der Waals surface area contributed by atoms with Gasteiger partial charge in [-0.15, -0.1) is 0 Å². The summed E-state index contributed by atoms with van der Waals surface area (Å²) in [5, 5.41) is 3.10. The average Bonchev–Trinajstić information content (AvgIpc) is 3.15. The van der Waals surface area contributed by atoms with Gasteiger partial charge in [-0.3, -0.25) is 14.5 Å². The number of anilines is 2. The van der Waals surface area contributed by atoms with Crippen LogP contribution >= 0.6 is 0 Å². The predicted molar refractivity (Wildman–Crippen MR) is 111 cm³/mol. The number of nitrogens with zero attached hydrogens (tertiary/aromatic N) is 2. The number of para-hydroxylation sites is 2. The molecule has 5 heteroatoms. The van der Waals surface area contributed by atoms with E-state index in [1.807, 2.05) is 30.3 Å². The van der Waals surface area contributed by atoms with Crippen LogP contribution in [0.2, 0.25) is 0 Å². The molecule has 2 aliphatic heterocycles. The molecule has 0 spiro atoms. The van der Waals surface area contributed by atoms with E-state index in [-0.39, 0.29) is 17.7 Å².